The molecule has 0 N–H and O–H groups in total. The number of piperazine rings is 1. The Hall–Kier alpha value is -0.620. The molecule has 2 aliphatic heterocycles. The summed E-state index contributed by atoms with van der Waals surface area (Å²) < 4.78 is 6.60. The largest absolute Gasteiger partial charge is 0.496 e. The standard InChI is InChI=1S/C18H28BrN3O/c1-20-9-11-22(12-10-20)17-5-7-21(8-6-17)14-15-3-4-16(19)13-18(15)23-2/h3-4,13,17H,5-12,14H2,1-2H3. The van der Waals surface area contributed by atoms with Crippen LogP contribution in [0.25, 0.3) is 0 Å². The van der Waals surface area contributed by atoms with E-state index in [1.807, 2.05) is 0 Å². The Balaban J connectivity index is 1.51. The maximum Gasteiger partial charge on any atom is 0.124 e. The maximum atomic E-state index is 5.52. The fourth-order valence-electron chi connectivity index (χ4n) is 3.72. The highest BCUT2D eigenvalue weighted by Crippen LogP contribution is 2.26. The Kier molecular flexibility index (Phi) is 5.96. The normalized spacial score (nSPS) is 22.4. The van der Waals surface area contributed by atoms with E-state index in [2.05, 4.69) is 55.9 Å². The Morgan fingerprint density at radius 2 is 1.78 bits per heavy atom. The van der Waals surface area contributed by atoms with E-state index in [9.17, 15) is 0 Å². The quantitative estimate of drug-likeness (QED) is 0.797. The summed E-state index contributed by atoms with van der Waals surface area (Å²) in [6, 6.07) is 7.13. The molecule has 1 aromatic carbocycles. The molecule has 128 valence electrons. The van der Waals surface area contributed by atoms with Crippen LogP contribution in [0.15, 0.2) is 22.7 Å². The average molecular weight is 382 g/mol. The zero-order chi connectivity index (χ0) is 16.2. The molecule has 1 aromatic rings. The number of ether oxygens (including phenoxy) is 1. The van der Waals surface area contributed by atoms with E-state index in [0.717, 1.165) is 22.8 Å². The van der Waals surface area contributed by atoms with Gasteiger partial charge in [0.25, 0.3) is 0 Å². The molecule has 5 heteroatoms. The van der Waals surface area contributed by atoms with Crippen molar-refractivity contribution >= 4 is 15.9 Å². The third-order valence-corrected chi connectivity index (χ3v) is 5.75. The number of hydrogen-bond acceptors (Lipinski definition) is 4. The van der Waals surface area contributed by atoms with Crippen molar-refractivity contribution in [2.75, 3.05) is 53.4 Å². The summed E-state index contributed by atoms with van der Waals surface area (Å²) in [5, 5.41) is 0. The predicted octanol–water partition coefficient (Wildman–Crippen LogP) is 2.67. The van der Waals surface area contributed by atoms with Gasteiger partial charge < -0.3 is 9.64 Å². The second-order valence-electron chi connectivity index (χ2n) is 6.80. The molecule has 0 unspecified atom stereocenters. The molecule has 2 saturated heterocycles. The number of likely N-dealkylation sites (N-methyl/N-ethyl adjacent to an activating group) is 1. The van der Waals surface area contributed by atoms with E-state index in [1.165, 1.54) is 57.7 Å². The molecule has 0 bridgehead atoms. The second kappa shape index (κ2) is 7.97. The number of halogens is 1. The van der Waals surface area contributed by atoms with Crippen molar-refractivity contribution in [1.29, 1.82) is 0 Å². The number of hydrogen-bond donors (Lipinski definition) is 0. The van der Waals surface area contributed by atoms with Crippen LogP contribution in [-0.4, -0.2) is 74.2 Å². The fourth-order valence-corrected chi connectivity index (χ4v) is 4.06. The Morgan fingerprint density at radius 3 is 2.43 bits per heavy atom. The van der Waals surface area contributed by atoms with Crippen LogP contribution < -0.4 is 4.74 Å². The number of benzene rings is 1. The van der Waals surface area contributed by atoms with Crippen molar-refractivity contribution in [3.05, 3.63) is 28.2 Å². The molecule has 0 atom stereocenters. The van der Waals surface area contributed by atoms with Crippen molar-refractivity contribution in [3.63, 3.8) is 0 Å². The van der Waals surface area contributed by atoms with E-state index in [4.69, 9.17) is 4.74 Å². The molecule has 0 amide bonds. The molecule has 0 spiro atoms. The van der Waals surface area contributed by atoms with Gasteiger partial charge in [-0.15, -0.1) is 0 Å². The van der Waals surface area contributed by atoms with Gasteiger partial charge in [0.1, 0.15) is 5.75 Å². The molecule has 3 rings (SSSR count). The van der Waals surface area contributed by atoms with Crippen molar-refractivity contribution < 1.29 is 4.74 Å². The van der Waals surface area contributed by atoms with E-state index in [-0.39, 0.29) is 0 Å². The maximum absolute atomic E-state index is 5.52. The minimum atomic E-state index is 0.784. The summed E-state index contributed by atoms with van der Waals surface area (Å²) in [4.78, 5) is 7.71. The molecule has 2 heterocycles. The lowest BCUT2D eigenvalue weighted by molar-refractivity contribution is 0.0656. The molecule has 0 saturated carbocycles. The molecular weight excluding hydrogens is 354 g/mol. The molecule has 0 radical (unpaired) electrons. The summed E-state index contributed by atoms with van der Waals surface area (Å²) in [5.41, 5.74) is 1.29. The first-order chi connectivity index (χ1) is 11.2. The lowest BCUT2D eigenvalue weighted by Crippen LogP contribution is -2.52. The fraction of sp³-hybridized carbons (Fsp3) is 0.667. The van der Waals surface area contributed by atoms with Crippen molar-refractivity contribution in [2.45, 2.75) is 25.4 Å². The Bertz CT molecular complexity index is 509. The first-order valence-electron chi connectivity index (χ1n) is 8.63. The van der Waals surface area contributed by atoms with Crippen LogP contribution in [0.2, 0.25) is 0 Å². The van der Waals surface area contributed by atoms with Gasteiger partial charge in [-0.2, -0.15) is 0 Å². The van der Waals surface area contributed by atoms with E-state index in [1.54, 1.807) is 7.11 Å². The van der Waals surface area contributed by atoms with Gasteiger partial charge in [0.05, 0.1) is 7.11 Å². The van der Waals surface area contributed by atoms with Crippen molar-refractivity contribution in [1.82, 2.24) is 14.7 Å². The number of nitrogens with zero attached hydrogens (tertiary/aromatic N) is 3. The predicted molar refractivity (Wildman–Crippen MR) is 98.1 cm³/mol. The first kappa shape index (κ1) is 17.2. The lowest BCUT2D eigenvalue weighted by Gasteiger charge is -2.42. The summed E-state index contributed by atoms with van der Waals surface area (Å²) in [6.07, 6.45) is 2.59. The number of methoxy groups -OCH3 is 1. The van der Waals surface area contributed by atoms with Crippen LogP contribution in [0.5, 0.6) is 5.75 Å². The molecule has 4 nitrogen and oxygen atoms in total. The highest BCUT2D eigenvalue weighted by atomic mass is 79.9. The minimum Gasteiger partial charge on any atom is -0.496 e. The molecular formula is C18H28BrN3O. The van der Waals surface area contributed by atoms with Crippen LogP contribution in [0.1, 0.15) is 18.4 Å². The van der Waals surface area contributed by atoms with Crippen LogP contribution in [0.4, 0.5) is 0 Å². The van der Waals surface area contributed by atoms with Crippen LogP contribution in [0.3, 0.4) is 0 Å². The molecule has 23 heavy (non-hydrogen) atoms. The van der Waals surface area contributed by atoms with Crippen LogP contribution in [0, 0.1) is 0 Å². The van der Waals surface area contributed by atoms with Gasteiger partial charge in [0.15, 0.2) is 0 Å². The van der Waals surface area contributed by atoms with E-state index >= 15 is 0 Å². The first-order valence-corrected chi connectivity index (χ1v) is 9.42. The number of likely N-dealkylation sites (tertiary alicyclic amines) is 1. The van der Waals surface area contributed by atoms with Gasteiger partial charge in [-0.1, -0.05) is 22.0 Å². The summed E-state index contributed by atoms with van der Waals surface area (Å²) in [7, 11) is 3.98. The monoisotopic (exact) mass is 381 g/mol. The third-order valence-electron chi connectivity index (χ3n) is 5.25. The van der Waals surface area contributed by atoms with Crippen LogP contribution in [-0.2, 0) is 6.54 Å². The second-order valence-corrected chi connectivity index (χ2v) is 7.72. The summed E-state index contributed by atoms with van der Waals surface area (Å²) in [5.74, 6) is 0.987. The number of rotatable bonds is 4. The zero-order valence-corrected chi connectivity index (χ0v) is 15.9. The molecule has 2 fully saturated rings. The van der Waals surface area contributed by atoms with Crippen molar-refractivity contribution in [3.8, 4) is 5.75 Å². The topological polar surface area (TPSA) is 19.0 Å². The molecule has 0 aliphatic carbocycles. The highest BCUT2D eigenvalue weighted by Gasteiger charge is 2.26. The van der Waals surface area contributed by atoms with E-state index in [0.29, 0.717) is 0 Å². The van der Waals surface area contributed by atoms with Gasteiger partial charge in [0.2, 0.25) is 0 Å². The smallest absolute Gasteiger partial charge is 0.124 e. The SMILES string of the molecule is COc1cc(Br)ccc1CN1CCC(N2CCN(C)CC2)CC1. The van der Waals surface area contributed by atoms with Crippen LogP contribution >= 0.6 is 15.9 Å². The third kappa shape index (κ3) is 4.47. The summed E-state index contributed by atoms with van der Waals surface area (Å²) >= 11 is 3.52. The van der Waals surface area contributed by atoms with Crippen molar-refractivity contribution in [2.24, 2.45) is 0 Å². The van der Waals surface area contributed by atoms with Gasteiger partial charge in [-0.3, -0.25) is 9.80 Å². The average Bonchev–Trinajstić information content (AvgIpc) is 2.58. The zero-order valence-electron chi connectivity index (χ0n) is 14.3. The Labute approximate surface area is 148 Å². The number of piperidine rings is 1. The minimum absolute atomic E-state index is 0.784. The molecule has 2 aliphatic rings. The highest BCUT2D eigenvalue weighted by molar-refractivity contribution is 9.10. The summed E-state index contributed by atoms with van der Waals surface area (Å²) in [6.45, 7) is 8.29. The van der Waals surface area contributed by atoms with Gasteiger partial charge in [-0.25, -0.2) is 0 Å². The van der Waals surface area contributed by atoms with Gasteiger partial charge in [0, 0.05) is 48.8 Å². The lowest BCUT2D eigenvalue weighted by atomic mass is 10.0. The molecule has 0 aromatic heterocycles. The Morgan fingerprint density at radius 1 is 1.09 bits per heavy atom. The van der Waals surface area contributed by atoms with Gasteiger partial charge >= 0.3 is 0 Å². The van der Waals surface area contributed by atoms with E-state index < -0.39 is 0 Å². The van der Waals surface area contributed by atoms with Gasteiger partial charge in [-0.05, 0) is 45.1 Å².